The van der Waals surface area contributed by atoms with Crippen molar-refractivity contribution in [2.75, 3.05) is 10.2 Å². The van der Waals surface area contributed by atoms with E-state index in [1.165, 1.54) is 35.8 Å². The van der Waals surface area contributed by atoms with Crippen molar-refractivity contribution in [1.29, 1.82) is 0 Å². The fraction of sp³-hybridized carbons (Fsp3) is 0.105. The Hall–Kier alpha value is -4.01. The predicted molar refractivity (Wildman–Crippen MR) is 98.8 cm³/mol. The molecule has 3 aromatic rings. The third-order valence-electron chi connectivity index (χ3n) is 4.60. The lowest BCUT2D eigenvalue weighted by atomic mass is 10.0. The average Bonchev–Trinajstić information content (AvgIpc) is 3.31. The van der Waals surface area contributed by atoms with Gasteiger partial charge in [0.05, 0.1) is 23.8 Å². The Balaban J connectivity index is 1.96. The molecule has 1 amide bonds. The molecule has 2 atom stereocenters. The Labute approximate surface area is 159 Å². The lowest BCUT2D eigenvalue weighted by Gasteiger charge is -2.33. The number of carboxylic acid groups (broad SMARTS) is 1. The van der Waals surface area contributed by atoms with Gasteiger partial charge in [0.2, 0.25) is 5.91 Å². The number of fused-ring (bicyclic) bond motifs is 1. The number of furan rings is 1. The second-order valence-electron chi connectivity index (χ2n) is 6.24. The summed E-state index contributed by atoms with van der Waals surface area (Å²) in [5, 5.41) is 23.1. The molecule has 0 bridgehead atoms. The van der Waals surface area contributed by atoms with Gasteiger partial charge in [-0.1, -0.05) is 18.2 Å². The molecule has 5 N–H and O–H groups in total. The number of hydrogen-bond donors (Lipinski definition) is 4. The van der Waals surface area contributed by atoms with Gasteiger partial charge in [-0.15, -0.1) is 0 Å². The van der Waals surface area contributed by atoms with E-state index in [1.54, 1.807) is 24.3 Å². The van der Waals surface area contributed by atoms with Crippen molar-refractivity contribution in [3.05, 3.63) is 71.8 Å². The third-order valence-corrected chi connectivity index (χ3v) is 4.60. The first-order valence-corrected chi connectivity index (χ1v) is 8.35. The summed E-state index contributed by atoms with van der Waals surface area (Å²) in [7, 11) is 0. The number of carboxylic acids is 1. The van der Waals surface area contributed by atoms with E-state index in [2.05, 4.69) is 10.3 Å². The summed E-state index contributed by atoms with van der Waals surface area (Å²) in [6.07, 6.45) is 3.62. The van der Waals surface area contributed by atoms with Crippen molar-refractivity contribution in [3.8, 4) is 5.75 Å². The molecule has 0 radical (unpaired) electrons. The van der Waals surface area contributed by atoms with E-state index in [9.17, 15) is 19.8 Å². The van der Waals surface area contributed by atoms with Gasteiger partial charge in [0.15, 0.2) is 5.82 Å². The molecule has 142 valence electrons. The maximum absolute atomic E-state index is 12.5. The topological polar surface area (TPSA) is 142 Å². The number of pyridine rings is 1. The monoisotopic (exact) mass is 380 g/mol. The highest BCUT2D eigenvalue weighted by Crippen LogP contribution is 2.48. The van der Waals surface area contributed by atoms with Crippen molar-refractivity contribution >= 4 is 23.4 Å². The van der Waals surface area contributed by atoms with Crippen molar-refractivity contribution < 1.29 is 24.2 Å². The van der Waals surface area contributed by atoms with Gasteiger partial charge in [-0.05, 0) is 18.2 Å². The van der Waals surface area contributed by atoms with E-state index in [4.69, 9.17) is 10.2 Å². The summed E-state index contributed by atoms with van der Waals surface area (Å²) in [6, 6.07) is 8.14. The van der Waals surface area contributed by atoms with E-state index in [1.807, 2.05) is 0 Å². The summed E-state index contributed by atoms with van der Waals surface area (Å²) in [6.45, 7) is 0. The molecule has 2 unspecified atom stereocenters. The second kappa shape index (κ2) is 6.62. The molecule has 9 heteroatoms. The standard InChI is InChI=1S/C19H16N4O5/c20-16(25)14(11-3-1-2-4-13(11)24)23-15-12(19(26)27)5-7-21-17(15)22-18(23)10-6-8-28-9-10/h1-9,14,18,24H,(H2,20,25)(H,21,22)(H,26,27). The number of nitrogens with zero attached hydrogens (tertiary/aromatic N) is 2. The molecule has 3 heterocycles. The van der Waals surface area contributed by atoms with Gasteiger partial charge in [0.25, 0.3) is 0 Å². The number of para-hydroxylation sites is 1. The highest BCUT2D eigenvalue weighted by molar-refractivity contribution is 6.01. The first-order chi connectivity index (χ1) is 13.5. The molecule has 1 aliphatic rings. The number of hydrogen-bond acceptors (Lipinski definition) is 7. The van der Waals surface area contributed by atoms with Gasteiger partial charge in [0.1, 0.15) is 18.0 Å². The number of benzene rings is 1. The second-order valence-corrected chi connectivity index (χ2v) is 6.24. The van der Waals surface area contributed by atoms with Gasteiger partial charge in [-0.2, -0.15) is 0 Å². The molecule has 0 aliphatic carbocycles. The molecule has 1 aliphatic heterocycles. The fourth-order valence-electron chi connectivity index (χ4n) is 3.43. The largest absolute Gasteiger partial charge is 0.508 e. The zero-order chi connectivity index (χ0) is 19.8. The average molecular weight is 380 g/mol. The lowest BCUT2D eigenvalue weighted by molar-refractivity contribution is -0.119. The Morgan fingerprint density at radius 3 is 2.68 bits per heavy atom. The molecule has 0 saturated carbocycles. The Morgan fingerprint density at radius 2 is 2.04 bits per heavy atom. The zero-order valence-corrected chi connectivity index (χ0v) is 14.4. The van der Waals surface area contributed by atoms with Crippen LogP contribution in [0.3, 0.4) is 0 Å². The van der Waals surface area contributed by atoms with Crippen molar-refractivity contribution in [2.45, 2.75) is 12.2 Å². The highest BCUT2D eigenvalue weighted by atomic mass is 16.4. The lowest BCUT2D eigenvalue weighted by Crippen LogP contribution is -2.40. The van der Waals surface area contributed by atoms with Crippen LogP contribution in [0.1, 0.15) is 33.7 Å². The van der Waals surface area contributed by atoms with E-state index < -0.39 is 24.1 Å². The summed E-state index contributed by atoms with van der Waals surface area (Å²) in [5.74, 6) is -1.79. The Morgan fingerprint density at radius 1 is 1.25 bits per heavy atom. The van der Waals surface area contributed by atoms with E-state index in [-0.39, 0.29) is 28.4 Å². The minimum atomic E-state index is -1.18. The molecular formula is C19H16N4O5. The van der Waals surface area contributed by atoms with Crippen LogP contribution in [0.4, 0.5) is 11.5 Å². The van der Waals surface area contributed by atoms with Gasteiger partial charge in [-0.25, -0.2) is 9.78 Å². The van der Waals surface area contributed by atoms with Crippen LogP contribution in [0.2, 0.25) is 0 Å². The molecule has 2 aromatic heterocycles. The van der Waals surface area contributed by atoms with Crippen LogP contribution in [0.5, 0.6) is 5.75 Å². The van der Waals surface area contributed by atoms with Gasteiger partial charge in [-0.3, -0.25) is 4.79 Å². The van der Waals surface area contributed by atoms with Crippen molar-refractivity contribution in [1.82, 2.24) is 4.98 Å². The predicted octanol–water partition coefficient (Wildman–Crippen LogP) is 2.24. The number of carbonyl (C=O) groups excluding carboxylic acids is 1. The smallest absolute Gasteiger partial charge is 0.338 e. The molecule has 4 rings (SSSR count). The first-order valence-electron chi connectivity index (χ1n) is 8.35. The van der Waals surface area contributed by atoms with E-state index in [0.29, 0.717) is 5.56 Å². The number of carbonyl (C=O) groups is 2. The summed E-state index contributed by atoms with van der Waals surface area (Å²) in [5.41, 5.74) is 6.74. The number of aromatic hydroxyl groups is 1. The zero-order valence-electron chi connectivity index (χ0n) is 14.4. The SMILES string of the molecule is NC(=O)C(c1ccccc1O)N1c2c(C(=O)O)ccnc2NC1c1ccoc1. The number of nitrogens with one attached hydrogen (secondary N) is 1. The summed E-state index contributed by atoms with van der Waals surface area (Å²) >= 11 is 0. The number of rotatable bonds is 5. The third kappa shape index (κ3) is 2.69. The molecule has 0 saturated heterocycles. The van der Waals surface area contributed by atoms with Crippen LogP contribution in [-0.2, 0) is 4.79 Å². The molecule has 9 nitrogen and oxygen atoms in total. The number of primary amides is 1. The van der Waals surface area contributed by atoms with Crippen LogP contribution < -0.4 is 16.0 Å². The van der Waals surface area contributed by atoms with Crippen LogP contribution >= 0.6 is 0 Å². The van der Waals surface area contributed by atoms with Crippen LogP contribution in [0.25, 0.3) is 0 Å². The van der Waals surface area contributed by atoms with Crippen LogP contribution in [0.15, 0.2) is 59.5 Å². The minimum absolute atomic E-state index is 0.0508. The highest BCUT2D eigenvalue weighted by Gasteiger charge is 2.42. The molecule has 0 fully saturated rings. The van der Waals surface area contributed by atoms with Crippen LogP contribution in [0, 0.1) is 0 Å². The molecule has 0 spiro atoms. The Kier molecular flexibility index (Phi) is 4.11. The van der Waals surface area contributed by atoms with E-state index in [0.717, 1.165) is 0 Å². The van der Waals surface area contributed by atoms with Gasteiger partial charge >= 0.3 is 5.97 Å². The minimum Gasteiger partial charge on any atom is -0.508 e. The molecular weight excluding hydrogens is 364 g/mol. The first kappa shape index (κ1) is 17.4. The molecule has 28 heavy (non-hydrogen) atoms. The van der Waals surface area contributed by atoms with E-state index >= 15 is 0 Å². The Bertz CT molecular complexity index is 1050. The van der Waals surface area contributed by atoms with Crippen molar-refractivity contribution in [3.63, 3.8) is 0 Å². The van der Waals surface area contributed by atoms with Gasteiger partial charge < -0.3 is 30.6 Å². The fourth-order valence-corrected chi connectivity index (χ4v) is 3.43. The normalized spacial score (nSPS) is 16.3. The van der Waals surface area contributed by atoms with Crippen LogP contribution in [-0.4, -0.2) is 27.1 Å². The summed E-state index contributed by atoms with van der Waals surface area (Å²) < 4.78 is 5.15. The van der Waals surface area contributed by atoms with Gasteiger partial charge in [0, 0.05) is 17.3 Å². The quantitative estimate of drug-likeness (QED) is 0.528. The maximum Gasteiger partial charge on any atom is 0.338 e. The number of phenolic OH excluding ortho intramolecular Hbond substituents is 1. The number of amides is 1. The number of phenols is 1. The maximum atomic E-state index is 12.5. The summed E-state index contributed by atoms with van der Waals surface area (Å²) in [4.78, 5) is 30.0. The number of aromatic nitrogens is 1. The van der Waals surface area contributed by atoms with Crippen molar-refractivity contribution in [2.24, 2.45) is 5.73 Å². The number of nitrogens with two attached hydrogens (primary N) is 1. The molecule has 1 aromatic carbocycles. The number of anilines is 2. The number of aromatic carboxylic acids is 1.